The van der Waals surface area contributed by atoms with E-state index in [0.717, 1.165) is 17.1 Å². The van der Waals surface area contributed by atoms with E-state index in [1.165, 1.54) is 11.8 Å². The highest BCUT2D eigenvalue weighted by Gasteiger charge is 2.22. The molecule has 2 rings (SSSR count). The smallest absolute Gasteiger partial charge is 0.165 e. The Balaban J connectivity index is 2.36. The van der Waals surface area contributed by atoms with Crippen molar-refractivity contribution in [2.75, 3.05) is 10.7 Å². The molecule has 0 amide bonds. The summed E-state index contributed by atoms with van der Waals surface area (Å²) in [6.45, 7) is 3.93. The minimum atomic E-state index is 0.566. The Hall–Kier alpha value is -1.22. The second kappa shape index (κ2) is 3.26. The summed E-state index contributed by atoms with van der Waals surface area (Å²) >= 11 is 1.52. The minimum Gasteiger partial charge on any atom is -0.294 e. The zero-order chi connectivity index (χ0) is 9.26. The lowest BCUT2D eigenvalue weighted by Gasteiger charge is -2.17. The number of benzene rings is 1. The van der Waals surface area contributed by atoms with Crippen molar-refractivity contribution >= 4 is 22.6 Å². The van der Waals surface area contributed by atoms with Crippen molar-refractivity contribution in [1.82, 2.24) is 0 Å². The van der Waals surface area contributed by atoms with Gasteiger partial charge in [-0.3, -0.25) is 10.3 Å². The van der Waals surface area contributed by atoms with Gasteiger partial charge in [0.2, 0.25) is 0 Å². The third-order valence-corrected chi connectivity index (χ3v) is 2.84. The standard InChI is InChI=1S/C10H10N2S/c1-8-7-13-10(11)12(8)9-5-3-2-4-6-9/h2-6,11H,1,7H2. The van der Waals surface area contributed by atoms with Crippen LogP contribution >= 0.6 is 11.8 Å². The van der Waals surface area contributed by atoms with Crippen molar-refractivity contribution in [2.45, 2.75) is 0 Å². The molecular formula is C10H10N2S. The summed E-state index contributed by atoms with van der Waals surface area (Å²) in [6, 6.07) is 9.90. The summed E-state index contributed by atoms with van der Waals surface area (Å²) in [4.78, 5) is 1.88. The van der Waals surface area contributed by atoms with Crippen LogP contribution in [0.4, 0.5) is 5.69 Å². The molecule has 0 atom stereocenters. The van der Waals surface area contributed by atoms with Gasteiger partial charge in [0.1, 0.15) is 0 Å². The molecule has 1 aromatic carbocycles. The first kappa shape index (κ1) is 8.38. The summed E-state index contributed by atoms with van der Waals surface area (Å²) in [5.41, 5.74) is 2.02. The van der Waals surface area contributed by atoms with Gasteiger partial charge in [0.05, 0.1) is 0 Å². The fraction of sp³-hybridized carbons (Fsp3) is 0.100. The number of thioether (sulfide) groups is 1. The van der Waals surface area contributed by atoms with Gasteiger partial charge in [-0.1, -0.05) is 36.5 Å². The van der Waals surface area contributed by atoms with Gasteiger partial charge in [0.15, 0.2) is 5.17 Å². The summed E-state index contributed by atoms with van der Waals surface area (Å²) in [7, 11) is 0. The van der Waals surface area contributed by atoms with E-state index in [1.54, 1.807) is 0 Å². The van der Waals surface area contributed by atoms with Crippen LogP contribution in [-0.2, 0) is 0 Å². The van der Waals surface area contributed by atoms with Crippen LogP contribution in [0.15, 0.2) is 42.6 Å². The second-order valence-electron chi connectivity index (χ2n) is 2.83. The Kier molecular flexibility index (Phi) is 2.10. The van der Waals surface area contributed by atoms with Gasteiger partial charge in [-0.15, -0.1) is 0 Å². The Morgan fingerprint density at radius 2 is 2.00 bits per heavy atom. The highest BCUT2D eigenvalue weighted by Crippen LogP contribution is 2.30. The topological polar surface area (TPSA) is 27.1 Å². The van der Waals surface area contributed by atoms with Gasteiger partial charge in [-0.05, 0) is 12.1 Å². The number of nitrogens with one attached hydrogen (secondary N) is 1. The maximum Gasteiger partial charge on any atom is 0.165 e. The molecule has 0 radical (unpaired) electrons. The average Bonchev–Trinajstić information content (AvgIpc) is 2.48. The third kappa shape index (κ3) is 1.47. The molecule has 1 heterocycles. The number of nitrogens with zero attached hydrogens (tertiary/aromatic N) is 1. The van der Waals surface area contributed by atoms with Gasteiger partial charge < -0.3 is 0 Å². The average molecular weight is 190 g/mol. The molecule has 1 saturated heterocycles. The van der Waals surface area contributed by atoms with E-state index >= 15 is 0 Å². The second-order valence-corrected chi connectivity index (χ2v) is 3.80. The van der Waals surface area contributed by atoms with Gasteiger partial charge >= 0.3 is 0 Å². The molecule has 1 fully saturated rings. The lowest BCUT2D eigenvalue weighted by atomic mass is 10.3. The van der Waals surface area contributed by atoms with Crippen molar-refractivity contribution < 1.29 is 0 Å². The zero-order valence-corrected chi connectivity index (χ0v) is 7.97. The van der Waals surface area contributed by atoms with Crippen LogP contribution in [0.3, 0.4) is 0 Å². The highest BCUT2D eigenvalue weighted by molar-refractivity contribution is 8.14. The molecule has 3 heteroatoms. The van der Waals surface area contributed by atoms with Crippen LogP contribution < -0.4 is 4.90 Å². The minimum absolute atomic E-state index is 0.566. The molecule has 0 aromatic heterocycles. The van der Waals surface area contributed by atoms with E-state index in [1.807, 2.05) is 35.2 Å². The fourth-order valence-electron chi connectivity index (χ4n) is 1.30. The molecule has 1 aliphatic rings. The van der Waals surface area contributed by atoms with Crippen LogP contribution in [0, 0.1) is 5.41 Å². The van der Waals surface area contributed by atoms with E-state index in [9.17, 15) is 0 Å². The van der Waals surface area contributed by atoms with Gasteiger partial charge in [0, 0.05) is 17.1 Å². The van der Waals surface area contributed by atoms with E-state index in [-0.39, 0.29) is 0 Å². The van der Waals surface area contributed by atoms with Crippen LogP contribution in [-0.4, -0.2) is 10.9 Å². The summed E-state index contributed by atoms with van der Waals surface area (Å²) < 4.78 is 0. The largest absolute Gasteiger partial charge is 0.294 e. The van der Waals surface area contributed by atoms with Crippen LogP contribution in [0.1, 0.15) is 0 Å². The number of hydrogen-bond acceptors (Lipinski definition) is 2. The molecule has 1 N–H and O–H groups in total. The Bertz CT molecular complexity index is 329. The first-order chi connectivity index (χ1) is 6.29. The lowest BCUT2D eigenvalue weighted by Crippen LogP contribution is -2.20. The van der Waals surface area contributed by atoms with Gasteiger partial charge in [-0.2, -0.15) is 0 Å². The molecular weight excluding hydrogens is 180 g/mol. The van der Waals surface area contributed by atoms with E-state index in [4.69, 9.17) is 5.41 Å². The quantitative estimate of drug-likeness (QED) is 0.737. The SMILES string of the molecule is C=C1CSC(=N)N1c1ccccc1. The van der Waals surface area contributed by atoms with Crippen molar-refractivity contribution in [3.8, 4) is 0 Å². The van der Waals surface area contributed by atoms with Gasteiger partial charge in [-0.25, -0.2) is 0 Å². The Morgan fingerprint density at radius 1 is 1.31 bits per heavy atom. The van der Waals surface area contributed by atoms with E-state index in [2.05, 4.69) is 6.58 Å². The number of hydrogen-bond donors (Lipinski definition) is 1. The lowest BCUT2D eigenvalue weighted by molar-refractivity contribution is 1.24. The van der Waals surface area contributed by atoms with E-state index in [0.29, 0.717) is 5.17 Å². The predicted molar refractivity (Wildman–Crippen MR) is 58.2 cm³/mol. The normalized spacial score (nSPS) is 16.8. The van der Waals surface area contributed by atoms with Crippen LogP contribution in [0.5, 0.6) is 0 Å². The number of rotatable bonds is 1. The van der Waals surface area contributed by atoms with Gasteiger partial charge in [0.25, 0.3) is 0 Å². The first-order valence-electron chi connectivity index (χ1n) is 4.03. The molecule has 1 aromatic rings. The summed E-state index contributed by atoms with van der Waals surface area (Å²) in [5, 5.41) is 8.27. The predicted octanol–water partition coefficient (Wildman–Crippen LogP) is 2.69. The molecule has 0 saturated carbocycles. The van der Waals surface area contributed by atoms with Crippen molar-refractivity contribution in [2.24, 2.45) is 0 Å². The highest BCUT2D eigenvalue weighted by atomic mass is 32.2. The molecule has 1 aliphatic heterocycles. The number of para-hydroxylation sites is 1. The molecule has 0 unspecified atom stereocenters. The fourth-order valence-corrected chi connectivity index (χ4v) is 2.10. The summed E-state index contributed by atoms with van der Waals surface area (Å²) in [5.74, 6) is 0.827. The number of amidine groups is 1. The molecule has 66 valence electrons. The maximum absolute atomic E-state index is 7.70. The van der Waals surface area contributed by atoms with Crippen LogP contribution in [0.2, 0.25) is 0 Å². The van der Waals surface area contributed by atoms with Crippen molar-refractivity contribution in [3.63, 3.8) is 0 Å². The van der Waals surface area contributed by atoms with Crippen molar-refractivity contribution in [3.05, 3.63) is 42.6 Å². The third-order valence-electron chi connectivity index (χ3n) is 1.91. The van der Waals surface area contributed by atoms with Crippen LogP contribution in [0.25, 0.3) is 0 Å². The zero-order valence-electron chi connectivity index (χ0n) is 7.16. The molecule has 13 heavy (non-hydrogen) atoms. The monoisotopic (exact) mass is 190 g/mol. The molecule has 2 nitrogen and oxygen atoms in total. The number of anilines is 1. The first-order valence-corrected chi connectivity index (χ1v) is 5.02. The Morgan fingerprint density at radius 3 is 2.54 bits per heavy atom. The van der Waals surface area contributed by atoms with E-state index < -0.39 is 0 Å². The van der Waals surface area contributed by atoms with Crippen molar-refractivity contribution in [1.29, 1.82) is 5.41 Å². The maximum atomic E-state index is 7.70. The Labute approximate surface area is 81.8 Å². The molecule has 0 aliphatic carbocycles. The molecule has 0 spiro atoms. The molecule has 0 bridgehead atoms. The summed E-state index contributed by atoms with van der Waals surface area (Å²) in [6.07, 6.45) is 0.